The Labute approximate surface area is 230 Å². The molecule has 2 aromatic heterocycles. The van der Waals surface area contributed by atoms with Crippen molar-refractivity contribution < 1.29 is 22.7 Å². The van der Waals surface area contributed by atoms with Crippen molar-refractivity contribution in [2.45, 2.75) is 51.2 Å². The number of carbonyl (C=O) groups excluding carboxylic acids is 1. The number of aromatic nitrogens is 6. The maximum atomic E-state index is 14.3. The molecule has 0 atom stereocenters. The van der Waals surface area contributed by atoms with E-state index in [4.69, 9.17) is 4.74 Å². The van der Waals surface area contributed by atoms with Crippen LogP contribution in [0.2, 0.25) is 0 Å². The number of esters is 1. The van der Waals surface area contributed by atoms with E-state index in [1.807, 2.05) is 0 Å². The van der Waals surface area contributed by atoms with Crippen molar-refractivity contribution >= 4 is 17.7 Å². The van der Waals surface area contributed by atoms with Gasteiger partial charge >= 0.3 is 17.3 Å². The molecule has 0 bridgehead atoms. The highest BCUT2D eigenvalue weighted by molar-refractivity contribution is 7.98. The van der Waals surface area contributed by atoms with E-state index in [1.165, 1.54) is 11.0 Å². The minimum atomic E-state index is -1.36. The fourth-order valence-corrected chi connectivity index (χ4v) is 4.32. The molecule has 0 aliphatic heterocycles. The molecule has 4 aromatic rings. The third-order valence-electron chi connectivity index (χ3n) is 5.60. The molecule has 0 saturated heterocycles. The lowest BCUT2D eigenvalue weighted by Gasteiger charge is -2.19. The average molecular weight is 575 g/mol. The Balaban J connectivity index is 1.64. The van der Waals surface area contributed by atoms with E-state index >= 15 is 0 Å². The lowest BCUT2D eigenvalue weighted by molar-refractivity contribution is 0.00693. The first-order valence-electron chi connectivity index (χ1n) is 11.9. The molecule has 210 valence electrons. The van der Waals surface area contributed by atoms with Crippen molar-refractivity contribution in [3.05, 3.63) is 104 Å². The summed E-state index contributed by atoms with van der Waals surface area (Å²) in [6, 6.07) is 7.76. The number of halogens is 3. The number of nitrogens with zero attached hydrogens (tertiary/aromatic N) is 6. The molecule has 14 heteroatoms. The summed E-state index contributed by atoms with van der Waals surface area (Å²) in [5.41, 5.74) is -1.66. The largest absolute Gasteiger partial charge is 0.456 e. The van der Waals surface area contributed by atoms with Crippen LogP contribution in [0.5, 0.6) is 0 Å². The molecule has 10 nitrogen and oxygen atoms in total. The van der Waals surface area contributed by atoms with Crippen LogP contribution in [-0.2, 0) is 24.4 Å². The molecule has 0 aliphatic rings. The molecular weight excluding hydrogens is 549 g/mol. The predicted octanol–water partition coefficient (Wildman–Crippen LogP) is 3.24. The summed E-state index contributed by atoms with van der Waals surface area (Å²) in [7, 11) is 0. The highest BCUT2D eigenvalue weighted by Crippen LogP contribution is 2.17. The Bertz CT molecular complexity index is 1690. The first-order valence-corrected chi connectivity index (χ1v) is 13.2. The minimum Gasteiger partial charge on any atom is -0.456 e. The Morgan fingerprint density at radius 1 is 0.975 bits per heavy atom. The highest BCUT2D eigenvalue weighted by Gasteiger charge is 2.20. The minimum absolute atomic E-state index is 0.0317. The molecule has 0 aliphatic carbocycles. The van der Waals surface area contributed by atoms with Gasteiger partial charge in [0.25, 0.3) is 0 Å². The maximum absolute atomic E-state index is 14.3. The first kappa shape index (κ1) is 28.8. The number of hydrogen-bond donors (Lipinski definition) is 0. The Hall–Kier alpha value is -4.20. The molecule has 40 heavy (non-hydrogen) atoms. The number of carbonyl (C=O) groups is 1. The van der Waals surface area contributed by atoms with Gasteiger partial charge in [-0.05, 0) is 50.8 Å². The summed E-state index contributed by atoms with van der Waals surface area (Å²) in [6.45, 7) is 4.64. The molecule has 0 N–H and O–H groups in total. The van der Waals surface area contributed by atoms with E-state index in [0.29, 0.717) is 23.3 Å². The Morgan fingerprint density at radius 3 is 2.40 bits per heavy atom. The van der Waals surface area contributed by atoms with Gasteiger partial charge in [-0.1, -0.05) is 23.9 Å². The van der Waals surface area contributed by atoms with Gasteiger partial charge in [0, 0.05) is 11.6 Å². The topological polar surface area (TPSA) is 114 Å². The van der Waals surface area contributed by atoms with Gasteiger partial charge < -0.3 is 4.74 Å². The SMILES string of the molecule is CSc1nc(=O)n(Cc2ncnn2Cc2cccc(C(=O)OC(C)(C)C)c2)c(=O)n1Cc1cc(F)c(F)cc1F. The van der Waals surface area contributed by atoms with Gasteiger partial charge in [-0.3, -0.25) is 4.57 Å². The summed E-state index contributed by atoms with van der Waals surface area (Å²) < 4.78 is 50.1. The normalized spacial score (nSPS) is 11.6. The quantitative estimate of drug-likeness (QED) is 0.179. The first-order chi connectivity index (χ1) is 18.9. The maximum Gasteiger partial charge on any atom is 0.354 e. The monoisotopic (exact) mass is 574 g/mol. The van der Waals surface area contributed by atoms with Gasteiger partial charge in [-0.15, -0.1) is 0 Å². The fraction of sp³-hybridized carbons (Fsp3) is 0.308. The smallest absolute Gasteiger partial charge is 0.354 e. The molecule has 2 heterocycles. The van der Waals surface area contributed by atoms with E-state index in [9.17, 15) is 27.6 Å². The Morgan fingerprint density at radius 2 is 1.70 bits per heavy atom. The zero-order valence-corrected chi connectivity index (χ0v) is 22.8. The molecule has 0 unspecified atom stereocenters. The molecule has 0 radical (unpaired) electrons. The van der Waals surface area contributed by atoms with Crippen molar-refractivity contribution in [1.82, 2.24) is 28.9 Å². The molecule has 0 amide bonds. The molecule has 2 aromatic carbocycles. The standard InChI is InChI=1S/C26H25F3N6O4S/c1-26(2,3)39-22(36)16-7-5-6-15(8-16)11-35-21(30-14-31-35)13-33-23(37)32-24(40-4)34(25(33)38)12-17-9-19(28)20(29)10-18(17)27/h5-10,14H,11-13H2,1-4H3. The van der Waals surface area contributed by atoms with E-state index in [0.717, 1.165) is 20.9 Å². The number of hydrogen-bond acceptors (Lipinski definition) is 8. The summed E-state index contributed by atoms with van der Waals surface area (Å²) in [4.78, 5) is 46.6. The van der Waals surface area contributed by atoms with E-state index < -0.39 is 46.9 Å². The predicted molar refractivity (Wildman–Crippen MR) is 140 cm³/mol. The molecule has 0 fully saturated rings. The lowest BCUT2D eigenvalue weighted by atomic mass is 10.1. The van der Waals surface area contributed by atoms with Gasteiger partial charge in [0.1, 0.15) is 23.6 Å². The Kier molecular flexibility index (Phi) is 8.28. The van der Waals surface area contributed by atoms with Gasteiger partial charge in [0.05, 0.1) is 25.2 Å². The van der Waals surface area contributed by atoms with E-state index in [1.54, 1.807) is 51.3 Å². The second-order valence-electron chi connectivity index (χ2n) is 9.73. The molecular formula is C26H25F3N6O4S. The van der Waals surface area contributed by atoms with Crippen LogP contribution in [0.25, 0.3) is 0 Å². The zero-order chi connectivity index (χ0) is 29.2. The van der Waals surface area contributed by atoms with Crippen LogP contribution in [0.3, 0.4) is 0 Å². The van der Waals surface area contributed by atoms with Crippen LogP contribution >= 0.6 is 11.8 Å². The van der Waals surface area contributed by atoms with Crippen molar-refractivity contribution in [2.24, 2.45) is 0 Å². The number of rotatable bonds is 8. The summed E-state index contributed by atoms with van der Waals surface area (Å²) in [6.07, 6.45) is 2.81. The summed E-state index contributed by atoms with van der Waals surface area (Å²) in [5.74, 6) is -3.95. The van der Waals surface area contributed by atoms with E-state index in [-0.39, 0.29) is 29.6 Å². The van der Waals surface area contributed by atoms with Gasteiger partial charge in [0.2, 0.25) is 0 Å². The van der Waals surface area contributed by atoms with Crippen LogP contribution in [0.1, 0.15) is 48.1 Å². The third-order valence-corrected chi connectivity index (χ3v) is 6.28. The molecule has 4 rings (SSSR count). The summed E-state index contributed by atoms with van der Waals surface area (Å²) in [5, 5.41) is 4.14. The van der Waals surface area contributed by atoms with Crippen LogP contribution < -0.4 is 11.4 Å². The van der Waals surface area contributed by atoms with Crippen LogP contribution in [0.4, 0.5) is 13.2 Å². The molecule has 0 spiro atoms. The molecule has 0 saturated carbocycles. The number of ether oxygens (including phenoxy) is 1. The summed E-state index contributed by atoms with van der Waals surface area (Å²) >= 11 is 0.962. The number of thioether (sulfide) groups is 1. The highest BCUT2D eigenvalue weighted by atomic mass is 32.2. The van der Waals surface area contributed by atoms with Crippen molar-refractivity contribution in [2.75, 3.05) is 6.26 Å². The van der Waals surface area contributed by atoms with Crippen molar-refractivity contribution in [1.29, 1.82) is 0 Å². The van der Waals surface area contributed by atoms with Crippen molar-refractivity contribution in [3.63, 3.8) is 0 Å². The lowest BCUT2D eigenvalue weighted by Crippen LogP contribution is -2.43. The van der Waals surface area contributed by atoms with Crippen LogP contribution in [-0.4, -0.2) is 46.7 Å². The van der Waals surface area contributed by atoms with Crippen LogP contribution in [0.15, 0.2) is 57.5 Å². The van der Waals surface area contributed by atoms with Crippen LogP contribution in [0, 0.1) is 17.5 Å². The van der Waals surface area contributed by atoms with Crippen molar-refractivity contribution in [3.8, 4) is 0 Å². The van der Waals surface area contributed by atoms with Gasteiger partial charge in [0.15, 0.2) is 16.8 Å². The van der Waals surface area contributed by atoms with Gasteiger partial charge in [-0.25, -0.2) is 41.8 Å². The number of benzene rings is 2. The van der Waals surface area contributed by atoms with Gasteiger partial charge in [-0.2, -0.15) is 10.1 Å². The zero-order valence-electron chi connectivity index (χ0n) is 22.0. The average Bonchev–Trinajstić information content (AvgIpc) is 3.31. The third kappa shape index (κ3) is 6.50. The fourth-order valence-electron chi connectivity index (χ4n) is 3.78. The second kappa shape index (κ2) is 11.5. The second-order valence-corrected chi connectivity index (χ2v) is 10.5. The van der Waals surface area contributed by atoms with E-state index in [2.05, 4.69) is 15.1 Å².